The third kappa shape index (κ3) is 3.94. The molecule has 0 heterocycles. The van der Waals surface area contributed by atoms with Gasteiger partial charge in [-0.05, 0) is 32.6 Å². The maximum atomic E-state index is 11.8. The predicted molar refractivity (Wildman–Crippen MR) is 65.6 cm³/mol. The van der Waals surface area contributed by atoms with Crippen LogP contribution in [0, 0.1) is 5.92 Å². The van der Waals surface area contributed by atoms with Gasteiger partial charge < -0.3 is 15.2 Å². The van der Waals surface area contributed by atoms with Gasteiger partial charge in [-0.3, -0.25) is 10.1 Å². The summed E-state index contributed by atoms with van der Waals surface area (Å²) in [4.78, 5) is 11.8. The van der Waals surface area contributed by atoms with E-state index in [-0.39, 0.29) is 11.9 Å². The highest BCUT2D eigenvalue weighted by Crippen LogP contribution is 2.40. The minimum Gasteiger partial charge on any atom is -0.382 e. The summed E-state index contributed by atoms with van der Waals surface area (Å²) in [7, 11) is 1.62. The molecule has 0 radical (unpaired) electrons. The zero-order valence-electron chi connectivity index (χ0n) is 11.0. The molecule has 1 atom stereocenters. The van der Waals surface area contributed by atoms with Crippen molar-refractivity contribution in [2.75, 3.05) is 26.9 Å². The fourth-order valence-electron chi connectivity index (χ4n) is 2.09. The van der Waals surface area contributed by atoms with Crippen LogP contribution < -0.4 is 11.1 Å². The lowest BCUT2D eigenvalue weighted by Gasteiger charge is -2.33. The van der Waals surface area contributed by atoms with E-state index in [1.165, 1.54) is 0 Å². The van der Waals surface area contributed by atoms with Gasteiger partial charge in [0.05, 0.1) is 19.8 Å². The Morgan fingerprint density at radius 2 is 2.12 bits per heavy atom. The van der Waals surface area contributed by atoms with Crippen LogP contribution in [-0.2, 0) is 14.3 Å². The molecule has 100 valence electrons. The van der Waals surface area contributed by atoms with E-state index in [4.69, 9.17) is 15.2 Å². The van der Waals surface area contributed by atoms with E-state index < -0.39 is 5.54 Å². The van der Waals surface area contributed by atoms with Gasteiger partial charge in [0, 0.05) is 13.2 Å². The minimum atomic E-state index is -0.706. The predicted octanol–water partition coefficient (Wildman–Crippen LogP) is 0.282. The van der Waals surface area contributed by atoms with Crippen LogP contribution in [0.15, 0.2) is 0 Å². The summed E-state index contributed by atoms with van der Waals surface area (Å²) in [6, 6.07) is 0.203. The Balaban J connectivity index is 2.59. The van der Waals surface area contributed by atoms with Gasteiger partial charge in [0.15, 0.2) is 0 Å². The van der Waals surface area contributed by atoms with Crippen molar-refractivity contribution in [2.24, 2.45) is 11.7 Å². The van der Waals surface area contributed by atoms with Crippen LogP contribution in [0.5, 0.6) is 0 Å². The lowest BCUT2D eigenvalue weighted by Crippen LogP contribution is -2.62. The van der Waals surface area contributed by atoms with E-state index in [0.29, 0.717) is 25.7 Å². The molecule has 1 saturated carbocycles. The molecule has 5 nitrogen and oxygen atoms in total. The molecule has 1 aliphatic carbocycles. The smallest absolute Gasteiger partial charge is 0.240 e. The monoisotopic (exact) mass is 244 g/mol. The van der Waals surface area contributed by atoms with Gasteiger partial charge in [0.2, 0.25) is 5.91 Å². The zero-order valence-corrected chi connectivity index (χ0v) is 11.0. The molecule has 1 aliphatic rings. The Morgan fingerprint density at radius 1 is 1.47 bits per heavy atom. The summed E-state index contributed by atoms with van der Waals surface area (Å²) in [5.74, 6) is -0.00365. The number of primary amides is 1. The SMILES string of the molecule is COCCOCC(NC(C)C)(C(N)=O)C1CC1. The third-order valence-electron chi connectivity index (χ3n) is 3.02. The standard InChI is InChI=1S/C12H24N2O3/c1-9(2)14-12(11(13)15,10-4-5-10)8-17-7-6-16-3/h9-10,14H,4-8H2,1-3H3,(H2,13,15). The van der Waals surface area contributed by atoms with Crippen LogP contribution in [0.2, 0.25) is 0 Å². The van der Waals surface area contributed by atoms with E-state index in [1.807, 2.05) is 13.8 Å². The first-order chi connectivity index (χ1) is 8.03. The number of nitrogens with two attached hydrogens (primary N) is 1. The van der Waals surface area contributed by atoms with Crippen molar-refractivity contribution in [3.63, 3.8) is 0 Å². The average molecular weight is 244 g/mol. The Hall–Kier alpha value is -0.650. The van der Waals surface area contributed by atoms with Gasteiger partial charge in [0.1, 0.15) is 5.54 Å². The van der Waals surface area contributed by atoms with E-state index in [9.17, 15) is 4.79 Å². The molecule has 0 aromatic carbocycles. The Morgan fingerprint density at radius 3 is 2.53 bits per heavy atom. The van der Waals surface area contributed by atoms with E-state index in [1.54, 1.807) is 7.11 Å². The lowest BCUT2D eigenvalue weighted by molar-refractivity contribution is -0.129. The summed E-state index contributed by atoms with van der Waals surface area (Å²) in [5.41, 5.74) is 4.86. The van der Waals surface area contributed by atoms with Crippen molar-refractivity contribution >= 4 is 5.91 Å². The molecule has 1 fully saturated rings. The molecule has 0 saturated heterocycles. The highest BCUT2D eigenvalue weighted by molar-refractivity contribution is 5.85. The number of amides is 1. The molecule has 0 aromatic heterocycles. The number of ether oxygens (including phenoxy) is 2. The molecule has 3 N–H and O–H groups in total. The largest absolute Gasteiger partial charge is 0.382 e. The molecule has 1 unspecified atom stereocenters. The van der Waals surface area contributed by atoms with Gasteiger partial charge in [-0.2, -0.15) is 0 Å². The molecule has 17 heavy (non-hydrogen) atoms. The van der Waals surface area contributed by atoms with Gasteiger partial charge in [-0.1, -0.05) is 0 Å². The fourth-order valence-corrected chi connectivity index (χ4v) is 2.09. The molecular weight excluding hydrogens is 220 g/mol. The Bertz CT molecular complexity index is 254. The van der Waals surface area contributed by atoms with Crippen molar-refractivity contribution in [1.82, 2.24) is 5.32 Å². The number of methoxy groups -OCH3 is 1. The van der Waals surface area contributed by atoms with Crippen molar-refractivity contribution in [3.05, 3.63) is 0 Å². The van der Waals surface area contributed by atoms with E-state index >= 15 is 0 Å². The van der Waals surface area contributed by atoms with Crippen molar-refractivity contribution in [2.45, 2.75) is 38.3 Å². The second-order valence-corrected chi connectivity index (χ2v) is 4.95. The molecule has 0 spiro atoms. The molecule has 0 aromatic rings. The maximum absolute atomic E-state index is 11.8. The second kappa shape index (κ2) is 6.33. The highest BCUT2D eigenvalue weighted by atomic mass is 16.5. The molecule has 0 bridgehead atoms. The van der Waals surface area contributed by atoms with Crippen molar-refractivity contribution < 1.29 is 14.3 Å². The van der Waals surface area contributed by atoms with Crippen LogP contribution in [0.4, 0.5) is 0 Å². The summed E-state index contributed by atoms with van der Waals surface area (Å²) in [5, 5.41) is 3.29. The van der Waals surface area contributed by atoms with Crippen molar-refractivity contribution in [3.8, 4) is 0 Å². The first kappa shape index (κ1) is 14.4. The zero-order chi connectivity index (χ0) is 12.9. The molecule has 0 aliphatic heterocycles. The van der Waals surface area contributed by atoms with E-state index in [2.05, 4.69) is 5.32 Å². The maximum Gasteiger partial charge on any atom is 0.240 e. The number of nitrogens with one attached hydrogen (secondary N) is 1. The first-order valence-electron chi connectivity index (χ1n) is 6.17. The van der Waals surface area contributed by atoms with Gasteiger partial charge in [-0.15, -0.1) is 0 Å². The minimum absolute atomic E-state index is 0.203. The van der Waals surface area contributed by atoms with Crippen molar-refractivity contribution in [1.29, 1.82) is 0 Å². The molecule has 1 amide bonds. The molecule has 1 rings (SSSR count). The average Bonchev–Trinajstić information content (AvgIpc) is 3.05. The Kier molecular flexibility index (Phi) is 5.36. The van der Waals surface area contributed by atoms with Gasteiger partial charge in [-0.25, -0.2) is 0 Å². The van der Waals surface area contributed by atoms with Crippen LogP contribution in [0.3, 0.4) is 0 Å². The Labute approximate surface area is 103 Å². The highest BCUT2D eigenvalue weighted by Gasteiger charge is 2.50. The molecule has 5 heteroatoms. The van der Waals surface area contributed by atoms with Crippen LogP contribution >= 0.6 is 0 Å². The number of hydrogen-bond acceptors (Lipinski definition) is 4. The first-order valence-corrected chi connectivity index (χ1v) is 6.17. The number of rotatable bonds is 9. The van der Waals surface area contributed by atoms with E-state index in [0.717, 1.165) is 12.8 Å². The number of carbonyl (C=O) groups is 1. The lowest BCUT2D eigenvalue weighted by atomic mass is 9.92. The summed E-state index contributed by atoms with van der Waals surface area (Å²) in [6.45, 7) is 5.36. The summed E-state index contributed by atoms with van der Waals surface area (Å²) in [6.07, 6.45) is 2.08. The summed E-state index contributed by atoms with van der Waals surface area (Å²) < 4.78 is 10.4. The number of carbonyl (C=O) groups excluding carboxylic acids is 1. The number of hydrogen-bond donors (Lipinski definition) is 2. The van der Waals surface area contributed by atoms with Gasteiger partial charge >= 0.3 is 0 Å². The normalized spacial score (nSPS) is 19.3. The van der Waals surface area contributed by atoms with Crippen LogP contribution in [-0.4, -0.2) is 44.4 Å². The third-order valence-corrected chi connectivity index (χ3v) is 3.02. The van der Waals surface area contributed by atoms with Crippen LogP contribution in [0.25, 0.3) is 0 Å². The second-order valence-electron chi connectivity index (χ2n) is 4.95. The summed E-state index contributed by atoms with van der Waals surface area (Å²) >= 11 is 0. The van der Waals surface area contributed by atoms with Crippen LogP contribution in [0.1, 0.15) is 26.7 Å². The van der Waals surface area contributed by atoms with Gasteiger partial charge in [0.25, 0.3) is 0 Å². The topological polar surface area (TPSA) is 73.6 Å². The fraction of sp³-hybridized carbons (Fsp3) is 0.917. The molecular formula is C12H24N2O3. The quantitative estimate of drug-likeness (QED) is 0.571.